The van der Waals surface area contributed by atoms with Gasteiger partial charge in [-0.3, -0.25) is 9.69 Å². The molecule has 2 atom stereocenters. The van der Waals surface area contributed by atoms with Crippen LogP contribution in [0, 0.1) is 5.92 Å². The molecule has 1 aliphatic heterocycles. The predicted octanol–water partition coefficient (Wildman–Crippen LogP) is 1.61. The highest BCUT2D eigenvalue weighted by Crippen LogP contribution is 2.29. The highest BCUT2D eigenvalue weighted by atomic mass is 16.5. The van der Waals surface area contributed by atoms with Crippen LogP contribution in [-0.4, -0.2) is 41.2 Å². The number of hydrogen-bond donors (Lipinski definition) is 1. The Labute approximate surface area is 134 Å². The molecule has 122 valence electrons. The molecule has 1 amide bonds. The number of hydrogen-bond acceptors (Lipinski definition) is 6. The summed E-state index contributed by atoms with van der Waals surface area (Å²) < 4.78 is 10.9. The quantitative estimate of drug-likeness (QED) is 0.900. The molecule has 0 saturated carbocycles. The van der Waals surface area contributed by atoms with Crippen LogP contribution >= 0.6 is 0 Å². The topological polar surface area (TPSA) is 94.5 Å². The maximum Gasteiger partial charge on any atom is 0.247 e. The van der Waals surface area contributed by atoms with Gasteiger partial charge in [-0.05, 0) is 44.2 Å². The minimum absolute atomic E-state index is 0.0427. The van der Waals surface area contributed by atoms with E-state index in [4.69, 9.17) is 14.9 Å². The van der Waals surface area contributed by atoms with Gasteiger partial charge >= 0.3 is 0 Å². The van der Waals surface area contributed by atoms with Gasteiger partial charge in [-0.15, -0.1) is 10.2 Å². The van der Waals surface area contributed by atoms with Crippen LogP contribution in [0.2, 0.25) is 0 Å². The van der Waals surface area contributed by atoms with Crippen LogP contribution in [-0.2, 0) is 4.79 Å². The zero-order valence-corrected chi connectivity index (χ0v) is 13.2. The molecular formula is C16H20N4O3. The van der Waals surface area contributed by atoms with Gasteiger partial charge in [0, 0.05) is 12.1 Å². The third kappa shape index (κ3) is 3.19. The van der Waals surface area contributed by atoms with E-state index in [1.165, 1.54) is 0 Å². The number of amides is 1. The van der Waals surface area contributed by atoms with Crippen molar-refractivity contribution in [3.05, 3.63) is 30.2 Å². The summed E-state index contributed by atoms with van der Waals surface area (Å²) in [5.41, 5.74) is 6.22. The van der Waals surface area contributed by atoms with E-state index < -0.39 is 0 Å². The van der Waals surface area contributed by atoms with Gasteiger partial charge in [-0.2, -0.15) is 0 Å². The van der Waals surface area contributed by atoms with Gasteiger partial charge in [0.15, 0.2) is 0 Å². The third-order valence-corrected chi connectivity index (χ3v) is 4.30. The molecule has 1 fully saturated rings. The van der Waals surface area contributed by atoms with Gasteiger partial charge in [0.25, 0.3) is 0 Å². The molecule has 0 radical (unpaired) electrons. The number of nitrogens with zero attached hydrogens (tertiary/aromatic N) is 3. The summed E-state index contributed by atoms with van der Waals surface area (Å²) in [4.78, 5) is 13.4. The van der Waals surface area contributed by atoms with Crippen molar-refractivity contribution in [1.82, 2.24) is 15.1 Å². The van der Waals surface area contributed by atoms with E-state index in [0.29, 0.717) is 18.3 Å². The predicted molar refractivity (Wildman–Crippen MR) is 83.6 cm³/mol. The second kappa shape index (κ2) is 6.37. The lowest BCUT2D eigenvalue weighted by Gasteiger charge is -2.20. The lowest BCUT2D eigenvalue weighted by atomic mass is 10.1. The van der Waals surface area contributed by atoms with Gasteiger partial charge in [0.1, 0.15) is 5.75 Å². The maximum atomic E-state index is 11.3. The molecule has 0 spiro atoms. The monoisotopic (exact) mass is 316 g/mol. The lowest BCUT2D eigenvalue weighted by molar-refractivity contribution is -0.121. The zero-order valence-electron chi connectivity index (χ0n) is 13.2. The van der Waals surface area contributed by atoms with Crippen molar-refractivity contribution in [1.29, 1.82) is 0 Å². The first-order valence-corrected chi connectivity index (χ1v) is 7.59. The van der Waals surface area contributed by atoms with E-state index >= 15 is 0 Å². The van der Waals surface area contributed by atoms with E-state index in [2.05, 4.69) is 15.1 Å². The standard InChI is InChI=1S/C16H20N4O3/c1-10(20-8-7-12(9-20)14(17)21)15-18-19-16(23-15)11-3-5-13(22-2)6-4-11/h3-6,10,12H,7-9H2,1-2H3,(H2,17,21)/t10-,12-/m1/s1. The van der Waals surface area contributed by atoms with Crippen LogP contribution in [0.4, 0.5) is 0 Å². The minimum atomic E-state index is -0.246. The Morgan fingerprint density at radius 1 is 1.39 bits per heavy atom. The second-order valence-electron chi connectivity index (χ2n) is 5.73. The highest BCUT2D eigenvalue weighted by Gasteiger charge is 2.32. The first-order chi connectivity index (χ1) is 11.1. The summed E-state index contributed by atoms with van der Waals surface area (Å²) in [5.74, 6) is 1.45. The van der Waals surface area contributed by atoms with Gasteiger partial charge in [0.05, 0.1) is 19.1 Å². The number of ether oxygens (including phenoxy) is 1. The van der Waals surface area contributed by atoms with Crippen molar-refractivity contribution in [2.75, 3.05) is 20.2 Å². The van der Waals surface area contributed by atoms with E-state index in [0.717, 1.165) is 24.3 Å². The van der Waals surface area contributed by atoms with E-state index in [1.54, 1.807) is 7.11 Å². The Balaban J connectivity index is 1.72. The molecule has 0 aliphatic carbocycles. The Bertz CT molecular complexity index is 683. The average Bonchev–Trinajstić information content (AvgIpc) is 3.24. The summed E-state index contributed by atoms with van der Waals surface area (Å²) in [6.07, 6.45) is 0.777. The van der Waals surface area contributed by atoms with Crippen LogP contribution in [0.25, 0.3) is 11.5 Å². The molecule has 1 aromatic carbocycles. The van der Waals surface area contributed by atoms with E-state index in [9.17, 15) is 4.79 Å². The molecular weight excluding hydrogens is 296 g/mol. The van der Waals surface area contributed by atoms with Crippen molar-refractivity contribution < 1.29 is 13.9 Å². The summed E-state index contributed by atoms with van der Waals surface area (Å²) in [7, 11) is 1.62. The number of benzene rings is 1. The van der Waals surface area contributed by atoms with Crippen molar-refractivity contribution in [2.24, 2.45) is 11.7 Å². The number of nitrogens with two attached hydrogens (primary N) is 1. The number of carbonyl (C=O) groups excluding carboxylic acids is 1. The Morgan fingerprint density at radius 2 is 2.13 bits per heavy atom. The smallest absolute Gasteiger partial charge is 0.247 e. The molecule has 2 heterocycles. The molecule has 23 heavy (non-hydrogen) atoms. The summed E-state index contributed by atoms with van der Waals surface area (Å²) in [5, 5.41) is 8.26. The number of rotatable bonds is 5. The van der Waals surface area contributed by atoms with Crippen molar-refractivity contribution in [3.63, 3.8) is 0 Å². The molecule has 1 aliphatic rings. The van der Waals surface area contributed by atoms with E-state index in [1.807, 2.05) is 31.2 Å². The number of likely N-dealkylation sites (tertiary alicyclic amines) is 1. The molecule has 2 N–H and O–H groups in total. The first-order valence-electron chi connectivity index (χ1n) is 7.59. The molecule has 7 nitrogen and oxygen atoms in total. The molecule has 3 rings (SSSR count). The Morgan fingerprint density at radius 3 is 2.74 bits per heavy atom. The number of carbonyl (C=O) groups is 1. The van der Waals surface area contributed by atoms with Crippen molar-refractivity contribution in [2.45, 2.75) is 19.4 Å². The van der Waals surface area contributed by atoms with Crippen LogP contribution in [0.5, 0.6) is 5.75 Å². The Hall–Kier alpha value is -2.41. The lowest BCUT2D eigenvalue weighted by Crippen LogP contribution is -2.29. The minimum Gasteiger partial charge on any atom is -0.497 e. The fourth-order valence-corrected chi connectivity index (χ4v) is 2.78. The third-order valence-electron chi connectivity index (χ3n) is 4.30. The molecule has 1 saturated heterocycles. The molecule has 1 aromatic heterocycles. The van der Waals surface area contributed by atoms with Gasteiger partial charge < -0.3 is 14.9 Å². The molecule has 0 bridgehead atoms. The molecule has 0 unspecified atom stereocenters. The number of methoxy groups -OCH3 is 1. The molecule has 7 heteroatoms. The Kier molecular flexibility index (Phi) is 4.29. The van der Waals surface area contributed by atoms with Crippen LogP contribution in [0.3, 0.4) is 0 Å². The first kappa shape index (κ1) is 15.5. The number of aromatic nitrogens is 2. The van der Waals surface area contributed by atoms with Crippen LogP contribution in [0.15, 0.2) is 28.7 Å². The normalized spacial score (nSPS) is 19.7. The number of primary amides is 1. The summed E-state index contributed by atoms with van der Waals surface area (Å²) >= 11 is 0. The van der Waals surface area contributed by atoms with Gasteiger partial charge in [-0.1, -0.05) is 0 Å². The zero-order chi connectivity index (χ0) is 16.4. The van der Waals surface area contributed by atoms with E-state index in [-0.39, 0.29) is 17.9 Å². The van der Waals surface area contributed by atoms with Gasteiger partial charge in [0.2, 0.25) is 17.7 Å². The van der Waals surface area contributed by atoms with Crippen LogP contribution in [0.1, 0.15) is 25.3 Å². The van der Waals surface area contributed by atoms with Crippen LogP contribution < -0.4 is 10.5 Å². The average molecular weight is 316 g/mol. The summed E-state index contributed by atoms with van der Waals surface area (Å²) in [6, 6.07) is 7.40. The highest BCUT2D eigenvalue weighted by molar-refractivity contribution is 5.77. The fourth-order valence-electron chi connectivity index (χ4n) is 2.78. The van der Waals surface area contributed by atoms with Crippen molar-refractivity contribution in [3.8, 4) is 17.2 Å². The SMILES string of the molecule is COc1ccc(-c2nnc([C@@H](C)N3CC[C@@H](C(N)=O)C3)o2)cc1. The fraction of sp³-hybridized carbons (Fsp3) is 0.438. The molecule has 2 aromatic rings. The summed E-state index contributed by atoms with van der Waals surface area (Å²) in [6.45, 7) is 3.43. The largest absolute Gasteiger partial charge is 0.497 e. The van der Waals surface area contributed by atoms with Crippen molar-refractivity contribution >= 4 is 5.91 Å². The maximum absolute atomic E-state index is 11.3. The van der Waals surface area contributed by atoms with Gasteiger partial charge in [-0.25, -0.2) is 0 Å². The second-order valence-corrected chi connectivity index (χ2v) is 5.73.